The molecule has 1 rings (SSSR count). The average Bonchev–Trinajstić information content (AvgIpc) is 2.04. The van der Waals surface area contributed by atoms with E-state index < -0.39 is 0 Å². The van der Waals surface area contributed by atoms with E-state index in [1.54, 1.807) is 12.1 Å². The minimum absolute atomic E-state index is 0.197. The summed E-state index contributed by atoms with van der Waals surface area (Å²) >= 11 is 0. The quantitative estimate of drug-likeness (QED) is 0.576. The van der Waals surface area contributed by atoms with Gasteiger partial charge >= 0.3 is 0 Å². The van der Waals surface area contributed by atoms with Crippen molar-refractivity contribution in [2.75, 3.05) is 0 Å². The molecule has 0 N–H and O–H groups in total. The molecule has 0 amide bonds. The summed E-state index contributed by atoms with van der Waals surface area (Å²) in [6.45, 7) is 5.26. The average molecular weight is 151 g/mol. The molecule has 0 unspecified atom stereocenters. The number of benzene rings is 1. The summed E-state index contributed by atoms with van der Waals surface area (Å²) in [4.78, 5) is 3.71. The maximum Gasteiger partial charge on any atom is 0.128 e. The van der Waals surface area contributed by atoms with E-state index in [9.17, 15) is 4.39 Å². The summed E-state index contributed by atoms with van der Waals surface area (Å²) in [6.07, 6.45) is 0.654. The van der Waals surface area contributed by atoms with Gasteiger partial charge in [-0.2, -0.15) is 0 Å². The Balaban J connectivity index is 3.23. The highest BCUT2D eigenvalue weighted by Gasteiger charge is 2.02. The Hall–Kier alpha value is -1.18. The highest BCUT2D eigenvalue weighted by atomic mass is 19.1. The van der Waals surface area contributed by atoms with E-state index in [0.29, 0.717) is 17.7 Å². The van der Waals surface area contributed by atoms with Crippen LogP contribution in [-0.4, -0.2) is 6.72 Å². The topological polar surface area (TPSA) is 12.4 Å². The van der Waals surface area contributed by atoms with E-state index in [1.165, 1.54) is 6.07 Å². The second kappa shape index (κ2) is 3.28. The van der Waals surface area contributed by atoms with Crippen LogP contribution in [0.15, 0.2) is 23.2 Å². The van der Waals surface area contributed by atoms with Crippen LogP contribution in [0.1, 0.15) is 12.5 Å². The highest BCUT2D eigenvalue weighted by molar-refractivity contribution is 5.51. The molecule has 1 nitrogen and oxygen atoms in total. The minimum Gasteiger partial charge on any atom is -0.264 e. The van der Waals surface area contributed by atoms with Gasteiger partial charge in [0, 0.05) is 5.56 Å². The fourth-order valence-corrected chi connectivity index (χ4v) is 1.05. The fourth-order valence-electron chi connectivity index (χ4n) is 1.05. The van der Waals surface area contributed by atoms with Crippen molar-refractivity contribution >= 4 is 12.4 Å². The summed E-state index contributed by atoms with van der Waals surface area (Å²) in [7, 11) is 0. The first-order chi connectivity index (χ1) is 5.29. The maximum absolute atomic E-state index is 12.9. The van der Waals surface area contributed by atoms with Crippen LogP contribution in [0.4, 0.5) is 10.1 Å². The lowest BCUT2D eigenvalue weighted by Gasteiger charge is -2.01. The first-order valence-electron chi connectivity index (χ1n) is 3.53. The minimum atomic E-state index is -0.197. The smallest absolute Gasteiger partial charge is 0.128 e. The Morgan fingerprint density at radius 2 is 2.27 bits per heavy atom. The summed E-state index contributed by atoms with van der Waals surface area (Å²) in [5.74, 6) is -0.197. The second-order valence-corrected chi connectivity index (χ2v) is 2.25. The van der Waals surface area contributed by atoms with Gasteiger partial charge < -0.3 is 0 Å². The predicted molar refractivity (Wildman–Crippen MR) is 45.0 cm³/mol. The number of rotatable bonds is 2. The van der Waals surface area contributed by atoms with Gasteiger partial charge in [0.15, 0.2) is 0 Å². The number of halogens is 1. The highest BCUT2D eigenvalue weighted by Crippen LogP contribution is 2.21. The molecule has 0 saturated heterocycles. The zero-order valence-electron chi connectivity index (χ0n) is 6.47. The van der Waals surface area contributed by atoms with E-state index in [1.807, 2.05) is 6.92 Å². The SMILES string of the molecule is C=Nc1cccc(F)c1CC. The lowest BCUT2D eigenvalue weighted by molar-refractivity contribution is 0.613. The molecule has 0 aromatic heterocycles. The maximum atomic E-state index is 12.9. The molecular formula is C9H10FN. The Bertz CT molecular complexity index is 268. The lowest BCUT2D eigenvalue weighted by atomic mass is 10.1. The van der Waals surface area contributed by atoms with Crippen LogP contribution in [0.2, 0.25) is 0 Å². The van der Waals surface area contributed by atoms with E-state index in [0.717, 1.165) is 0 Å². The fraction of sp³-hybridized carbons (Fsp3) is 0.222. The monoisotopic (exact) mass is 151 g/mol. The number of hydrogen-bond donors (Lipinski definition) is 0. The van der Waals surface area contributed by atoms with Crippen LogP contribution >= 0.6 is 0 Å². The Morgan fingerprint density at radius 3 is 2.73 bits per heavy atom. The third-order valence-corrected chi connectivity index (χ3v) is 1.62. The molecule has 11 heavy (non-hydrogen) atoms. The molecule has 0 fully saturated rings. The summed E-state index contributed by atoms with van der Waals surface area (Å²) in [5.41, 5.74) is 1.29. The van der Waals surface area contributed by atoms with Gasteiger partial charge in [0.25, 0.3) is 0 Å². The van der Waals surface area contributed by atoms with E-state index in [4.69, 9.17) is 0 Å². The molecule has 0 aliphatic carbocycles. The molecule has 1 aromatic carbocycles. The third-order valence-electron chi connectivity index (χ3n) is 1.62. The largest absolute Gasteiger partial charge is 0.264 e. The van der Waals surface area contributed by atoms with Gasteiger partial charge in [-0.1, -0.05) is 13.0 Å². The van der Waals surface area contributed by atoms with Crippen molar-refractivity contribution in [3.8, 4) is 0 Å². The predicted octanol–water partition coefficient (Wildman–Crippen LogP) is 2.72. The molecular weight excluding hydrogens is 141 g/mol. The van der Waals surface area contributed by atoms with Crippen LogP contribution in [0.5, 0.6) is 0 Å². The molecule has 0 spiro atoms. The molecule has 0 bridgehead atoms. The zero-order valence-corrected chi connectivity index (χ0v) is 6.47. The molecule has 0 aliphatic rings. The number of aliphatic imine (C=N–C) groups is 1. The van der Waals surface area contributed by atoms with Crippen LogP contribution in [-0.2, 0) is 6.42 Å². The van der Waals surface area contributed by atoms with Crippen molar-refractivity contribution in [3.63, 3.8) is 0 Å². The first-order valence-corrected chi connectivity index (χ1v) is 3.53. The van der Waals surface area contributed by atoms with Gasteiger partial charge in [0.2, 0.25) is 0 Å². The molecule has 0 aliphatic heterocycles. The summed E-state index contributed by atoms with van der Waals surface area (Å²) in [5, 5.41) is 0. The second-order valence-electron chi connectivity index (χ2n) is 2.25. The zero-order chi connectivity index (χ0) is 8.27. The van der Waals surface area contributed by atoms with Crippen molar-refractivity contribution in [1.29, 1.82) is 0 Å². The van der Waals surface area contributed by atoms with Crippen LogP contribution < -0.4 is 0 Å². The molecule has 2 heteroatoms. The van der Waals surface area contributed by atoms with E-state index in [2.05, 4.69) is 11.7 Å². The van der Waals surface area contributed by atoms with Gasteiger partial charge in [-0.25, -0.2) is 4.39 Å². The summed E-state index contributed by atoms with van der Waals surface area (Å²) in [6, 6.07) is 4.83. The number of nitrogens with zero attached hydrogens (tertiary/aromatic N) is 1. The van der Waals surface area contributed by atoms with Gasteiger partial charge in [-0.3, -0.25) is 4.99 Å². The molecule has 0 atom stereocenters. The lowest BCUT2D eigenvalue weighted by Crippen LogP contribution is -1.86. The Kier molecular flexibility index (Phi) is 2.36. The van der Waals surface area contributed by atoms with Gasteiger partial charge in [0.05, 0.1) is 5.69 Å². The molecule has 1 aromatic rings. The van der Waals surface area contributed by atoms with Crippen molar-refractivity contribution in [1.82, 2.24) is 0 Å². The Morgan fingerprint density at radius 1 is 1.55 bits per heavy atom. The third kappa shape index (κ3) is 1.45. The molecule has 58 valence electrons. The molecule has 0 radical (unpaired) electrons. The van der Waals surface area contributed by atoms with Crippen LogP contribution in [0.3, 0.4) is 0 Å². The van der Waals surface area contributed by atoms with Crippen molar-refractivity contribution in [2.24, 2.45) is 4.99 Å². The van der Waals surface area contributed by atoms with Crippen molar-refractivity contribution in [3.05, 3.63) is 29.6 Å². The summed E-state index contributed by atoms with van der Waals surface area (Å²) < 4.78 is 12.9. The van der Waals surface area contributed by atoms with Crippen molar-refractivity contribution < 1.29 is 4.39 Å². The molecule has 0 heterocycles. The van der Waals surface area contributed by atoms with E-state index >= 15 is 0 Å². The van der Waals surface area contributed by atoms with E-state index in [-0.39, 0.29) is 5.82 Å². The van der Waals surface area contributed by atoms with Gasteiger partial charge in [0.1, 0.15) is 5.82 Å². The van der Waals surface area contributed by atoms with Crippen LogP contribution in [0, 0.1) is 5.82 Å². The van der Waals surface area contributed by atoms with Gasteiger partial charge in [-0.15, -0.1) is 0 Å². The van der Waals surface area contributed by atoms with Crippen LogP contribution in [0.25, 0.3) is 0 Å². The van der Waals surface area contributed by atoms with Crippen molar-refractivity contribution in [2.45, 2.75) is 13.3 Å². The number of hydrogen-bond acceptors (Lipinski definition) is 1. The van der Waals surface area contributed by atoms with Gasteiger partial charge in [-0.05, 0) is 25.3 Å². The Labute approximate surface area is 65.6 Å². The molecule has 0 saturated carbocycles. The first kappa shape index (κ1) is 7.92. The standard InChI is InChI=1S/C9H10FN/c1-3-7-8(10)5-4-6-9(7)11-2/h4-6H,2-3H2,1H3. The normalized spacial score (nSPS) is 9.64.